The van der Waals surface area contributed by atoms with Crippen molar-refractivity contribution in [1.29, 1.82) is 0 Å². The molecule has 1 aliphatic rings. The van der Waals surface area contributed by atoms with E-state index < -0.39 is 0 Å². The first-order chi connectivity index (χ1) is 13.6. The number of halogens is 1. The minimum atomic E-state index is 0.0127. The van der Waals surface area contributed by atoms with Gasteiger partial charge in [0.2, 0.25) is 5.91 Å². The van der Waals surface area contributed by atoms with E-state index in [1.54, 1.807) is 6.07 Å². The van der Waals surface area contributed by atoms with Crippen LogP contribution >= 0.6 is 11.6 Å². The van der Waals surface area contributed by atoms with E-state index >= 15 is 0 Å². The van der Waals surface area contributed by atoms with Gasteiger partial charge in [-0.25, -0.2) is 0 Å². The minimum absolute atomic E-state index is 0.0127. The Labute approximate surface area is 171 Å². The first kappa shape index (κ1) is 20.2. The second-order valence-electron chi connectivity index (χ2n) is 6.96. The average Bonchev–Trinajstić information content (AvgIpc) is 2.73. The summed E-state index contributed by atoms with van der Waals surface area (Å²) in [5, 5.41) is 3.50. The molecule has 0 aliphatic carbocycles. The van der Waals surface area contributed by atoms with Crippen LogP contribution < -0.4 is 10.2 Å². The molecule has 2 amide bonds. The van der Waals surface area contributed by atoms with Gasteiger partial charge in [-0.2, -0.15) is 0 Å². The number of carbonyl (C=O) groups is 2. The third-order valence-electron chi connectivity index (χ3n) is 4.92. The third-order valence-corrected chi connectivity index (χ3v) is 5.22. The van der Waals surface area contributed by atoms with Crippen LogP contribution in [0.4, 0.5) is 11.4 Å². The highest BCUT2D eigenvalue weighted by Crippen LogP contribution is 2.30. The number of amides is 2. The Balaban J connectivity index is 1.58. The number of benzene rings is 2. The summed E-state index contributed by atoms with van der Waals surface area (Å²) in [6, 6.07) is 15.0. The molecule has 2 aromatic rings. The summed E-state index contributed by atoms with van der Waals surface area (Å²) in [5.41, 5.74) is 2.37. The molecular formula is C22H26ClN3O2. The van der Waals surface area contributed by atoms with E-state index in [1.807, 2.05) is 47.4 Å². The molecular weight excluding hydrogens is 374 g/mol. The maximum Gasteiger partial charge on any atom is 0.253 e. The fourth-order valence-corrected chi connectivity index (χ4v) is 3.62. The van der Waals surface area contributed by atoms with Crippen molar-refractivity contribution in [2.45, 2.75) is 26.2 Å². The Bertz CT molecular complexity index is 818. The zero-order valence-electron chi connectivity index (χ0n) is 16.2. The van der Waals surface area contributed by atoms with Crippen molar-refractivity contribution in [1.82, 2.24) is 4.90 Å². The monoisotopic (exact) mass is 399 g/mol. The van der Waals surface area contributed by atoms with E-state index in [0.29, 0.717) is 30.2 Å². The minimum Gasteiger partial charge on any atom is -0.367 e. The Kier molecular flexibility index (Phi) is 6.93. The van der Waals surface area contributed by atoms with E-state index in [-0.39, 0.29) is 11.8 Å². The molecule has 3 rings (SSSR count). The number of piperazine rings is 1. The molecule has 1 saturated heterocycles. The van der Waals surface area contributed by atoms with Gasteiger partial charge in [0.25, 0.3) is 5.91 Å². The summed E-state index contributed by atoms with van der Waals surface area (Å²) in [7, 11) is 0. The molecule has 148 valence electrons. The van der Waals surface area contributed by atoms with Crippen LogP contribution in [-0.4, -0.2) is 42.9 Å². The molecule has 0 unspecified atom stereocenters. The normalized spacial score (nSPS) is 14.1. The number of hydrogen-bond acceptors (Lipinski definition) is 3. The van der Waals surface area contributed by atoms with Gasteiger partial charge < -0.3 is 15.1 Å². The van der Waals surface area contributed by atoms with Crippen LogP contribution in [0.2, 0.25) is 5.02 Å². The SMILES string of the molecule is CCCCC(=O)Nc1ccc(N2CCN(C(=O)c3ccccc3)CC2)c(Cl)c1. The van der Waals surface area contributed by atoms with Gasteiger partial charge in [0.1, 0.15) is 0 Å². The molecule has 1 heterocycles. The number of nitrogens with zero attached hydrogens (tertiary/aromatic N) is 2. The van der Waals surface area contributed by atoms with Gasteiger partial charge in [-0.05, 0) is 36.8 Å². The van der Waals surface area contributed by atoms with E-state index in [9.17, 15) is 9.59 Å². The number of hydrogen-bond donors (Lipinski definition) is 1. The maximum absolute atomic E-state index is 12.6. The van der Waals surface area contributed by atoms with Gasteiger partial charge in [0, 0.05) is 43.9 Å². The summed E-state index contributed by atoms with van der Waals surface area (Å²) < 4.78 is 0. The Morgan fingerprint density at radius 2 is 1.75 bits per heavy atom. The third kappa shape index (κ3) is 5.04. The highest BCUT2D eigenvalue weighted by Gasteiger charge is 2.23. The van der Waals surface area contributed by atoms with Crippen LogP contribution in [0.15, 0.2) is 48.5 Å². The summed E-state index contributed by atoms with van der Waals surface area (Å²) in [4.78, 5) is 28.5. The lowest BCUT2D eigenvalue weighted by Crippen LogP contribution is -2.48. The summed E-state index contributed by atoms with van der Waals surface area (Å²) in [5.74, 6) is 0.0789. The first-order valence-corrected chi connectivity index (χ1v) is 10.1. The van der Waals surface area contributed by atoms with Crippen LogP contribution in [-0.2, 0) is 4.79 Å². The first-order valence-electron chi connectivity index (χ1n) is 9.77. The highest BCUT2D eigenvalue weighted by molar-refractivity contribution is 6.33. The number of anilines is 2. The van der Waals surface area contributed by atoms with Crippen molar-refractivity contribution < 1.29 is 9.59 Å². The van der Waals surface area contributed by atoms with Crippen molar-refractivity contribution in [3.8, 4) is 0 Å². The Morgan fingerprint density at radius 3 is 2.39 bits per heavy atom. The molecule has 1 fully saturated rings. The molecule has 5 nitrogen and oxygen atoms in total. The molecule has 0 aromatic heterocycles. The van der Waals surface area contributed by atoms with Crippen molar-refractivity contribution in [2.24, 2.45) is 0 Å². The van der Waals surface area contributed by atoms with Crippen molar-refractivity contribution in [3.63, 3.8) is 0 Å². The number of nitrogens with one attached hydrogen (secondary N) is 1. The molecule has 2 aromatic carbocycles. The van der Waals surface area contributed by atoms with Gasteiger partial charge in [-0.15, -0.1) is 0 Å². The van der Waals surface area contributed by atoms with Crippen LogP contribution in [0.3, 0.4) is 0 Å². The number of carbonyl (C=O) groups excluding carboxylic acids is 2. The van der Waals surface area contributed by atoms with Gasteiger partial charge in [-0.3, -0.25) is 9.59 Å². The van der Waals surface area contributed by atoms with Crippen LogP contribution in [0, 0.1) is 0 Å². The van der Waals surface area contributed by atoms with E-state index in [1.165, 1.54) is 0 Å². The van der Waals surface area contributed by atoms with Crippen LogP contribution in [0.25, 0.3) is 0 Å². The molecule has 0 spiro atoms. The molecule has 0 saturated carbocycles. The predicted octanol–water partition coefficient (Wildman–Crippen LogP) is 4.43. The standard InChI is InChI=1S/C22H26ClN3O2/c1-2-3-9-21(27)24-18-10-11-20(19(23)16-18)25-12-14-26(15-13-25)22(28)17-7-5-4-6-8-17/h4-8,10-11,16H,2-3,9,12-15H2,1H3,(H,24,27). The number of unbranched alkanes of at least 4 members (excludes halogenated alkanes) is 1. The molecule has 0 atom stereocenters. The summed E-state index contributed by atoms with van der Waals surface area (Å²) in [6.07, 6.45) is 2.39. The molecule has 1 N–H and O–H groups in total. The van der Waals surface area contributed by atoms with Crippen LogP contribution in [0.1, 0.15) is 36.5 Å². The molecule has 6 heteroatoms. The molecule has 28 heavy (non-hydrogen) atoms. The van der Waals surface area contributed by atoms with Crippen molar-refractivity contribution >= 4 is 34.8 Å². The smallest absolute Gasteiger partial charge is 0.253 e. The zero-order valence-corrected chi connectivity index (χ0v) is 16.9. The van der Waals surface area contributed by atoms with E-state index in [0.717, 1.165) is 37.2 Å². The average molecular weight is 400 g/mol. The van der Waals surface area contributed by atoms with Gasteiger partial charge in [-0.1, -0.05) is 43.1 Å². The lowest BCUT2D eigenvalue weighted by atomic mass is 10.1. The molecule has 0 radical (unpaired) electrons. The number of rotatable bonds is 6. The quantitative estimate of drug-likeness (QED) is 0.781. The summed E-state index contributed by atoms with van der Waals surface area (Å²) in [6.45, 7) is 4.81. The van der Waals surface area contributed by atoms with E-state index in [2.05, 4.69) is 17.1 Å². The van der Waals surface area contributed by atoms with Crippen molar-refractivity contribution in [3.05, 3.63) is 59.1 Å². The zero-order chi connectivity index (χ0) is 19.9. The molecule has 1 aliphatic heterocycles. The highest BCUT2D eigenvalue weighted by atomic mass is 35.5. The lowest BCUT2D eigenvalue weighted by molar-refractivity contribution is -0.116. The second kappa shape index (κ2) is 9.60. The molecule has 0 bridgehead atoms. The lowest BCUT2D eigenvalue weighted by Gasteiger charge is -2.36. The topological polar surface area (TPSA) is 52.7 Å². The summed E-state index contributed by atoms with van der Waals surface area (Å²) >= 11 is 6.47. The van der Waals surface area contributed by atoms with Gasteiger partial charge in [0.05, 0.1) is 10.7 Å². The predicted molar refractivity (Wildman–Crippen MR) is 114 cm³/mol. The maximum atomic E-state index is 12.6. The largest absolute Gasteiger partial charge is 0.367 e. The van der Waals surface area contributed by atoms with Crippen LogP contribution in [0.5, 0.6) is 0 Å². The Morgan fingerprint density at radius 1 is 1.04 bits per heavy atom. The fourth-order valence-electron chi connectivity index (χ4n) is 3.32. The van der Waals surface area contributed by atoms with Crippen molar-refractivity contribution in [2.75, 3.05) is 36.4 Å². The fraction of sp³-hybridized carbons (Fsp3) is 0.364. The van der Waals surface area contributed by atoms with E-state index in [4.69, 9.17) is 11.6 Å². The van der Waals surface area contributed by atoms with Gasteiger partial charge >= 0.3 is 0 Å². The Hall–Kier alpha value is -2.53. The second-order valence-corrected chi connectivity index (χ2v) is 7.37. The van der Waals surface area contributed by atoms with Gasteiger partial charge in [0.15, 0.2) is 0 Å².